The van der Waals surface area contributed by atoms with E-state index in [0.717, 1.165) is 5.56 Å². The lowest BCUT2D eigenvalue weighted by Crippen LogP contribution is -2.01. The number of hydrogen-bond donors (Lipinski definition) is 1. The summed E-state index contributed by atoms with van der Waals surface area (Å²) >= 11 is 6.07. The largest absolute Gasteiger partial charge is 0.478 e. The third-order valence-electron chi connectivity index (χ3n) is 2.57. The van der Waals surface area contributed by atoms with Crippen molar-refractivity contribution in [3.05, 3.63) is 40.3 Å². The number of halogens is 1. The van der Waals surface area contributed by atoms with E-state index in [4.69, 9.17) is 16.7 Å². The van der Waals surface area contributed by atoms with Gasteiger partial charge in [-0.2, -0.15) is 5.10 Å². The van der Waals surface area contributed by atoms with Gasteiger partial charge in [0.2, 0.25) is 0 Å². The third-order valence-corrected chi connectivity index (χ3v) is 2.92. The molecule has 2 aromatic heterocycles. The summed E-state index contributed by atoms with van der Waals surface area (Å²) in [7, 11) is 0. The number of carboxylic acid groups (broad SMARTS) is 1. The molecule has 2 rings (SSSR count). The Morgan fingerprint density at radius 2 is 2.28 bits per heavy atom. The molecular formula is C12H12ClN3O2. The number of hydrogen-bond acceptors (Lipinski definition) is 3. The zero-order valence-corrected chi connectivity index (χ0v) is 10.8. The van der Waals surface area contributed by atoms with Gasteiger partial charge in [0, 0.05) is 6.20 Å². The van der Waals surface area contributed by atoms with E-state index in [1.807, 2.05) is 19.9 Å². The Hall–Kier alpha value is -1.88. The van der Waals surface area contributed by atoms with Crippen molar-refractivity contribution >= 4 is 17.6 Å². The molecule has 2 aromatic rings. The summed E-state index contributed by atoms with van der Waals surface area (Å²) in [5.74, 6) is -0.557. The summed E-state index contributed by atoms with van der Waals surface area (Å²) in [6.45, 7) is 3.75. The van der Waals surface area contributed by atoms with Crippen molar-refractivity contribution in [2.45, 2.75) is 20.3 Å². The number of aromatic nitrogens is 3. The van der Waals surface area contributed by atoms with E-state index in [2.05, 4.69) is 10.1 Å². The molecule has 0 saturated heterocycles. The van der Waals surface area contributed by atoms with Gasteiger partial charge >= 0.3 is 5.97 Å². The molecule has 2 heterocycles. The minimum absolute atomic E-state index is 0.0440. The average Bonchev–Trinajstić information content (AvgIpc) is 2.66. The smallest absolute Gasteiger partial charge is 0.340 e. The average molecular weight is 266 g/mol. The van der Waals surface area contributed by atoms with Gasteiger partial charge in [-0.25, -0.2) is 14.5 Å². The van der Waals surface area contributed by atoms with Gasteiger partial charge in [0.15, 0.2) is 5.82 Å². The van der Waals surface area contributed by atoms with Crippen LogP contribution in [-0.4, -0.2) is 25.8 Å². The van der Waals surface area contributed by atoms with Gasteiger partial charge in [0.05, 0.1) is 5.69 Å². The predicted molar refractivity (Wildman–Crippen MR) is 67.4 cm³/mol. The van der Waals surface area contributed by atoms with E-state index in [0.29, 0.717) is 17.9 Å². The van der Waals surface area contributed by atoms with Crippen LogP contribution in [0, 0.1) is 6.92 Å². The van der Waals surface area contributed by atoms with Gasteiger partial charge in [-0.3, -0.25) is 0 Å². The summed E-state index contributed by atoms with van der Waals surface area (Å²) in [6, 6.07) is 3.64. The molecule has 6 heteroatoms. The lowest BCUT2D eigenvalue weighted by Gasteiger charge is -2.02. The van der Waals surface area contributed by atoms with Crippen LogP contribution < -0.4 is 0 Å². The molecule has 0 saturated carbocycles. The number of aryl methyl sites for hydroxylation is 2. The van der Waals surface area contributed by atoms with Gasteiger partial charge in [0.1, 0.15) is 10.7 Å². The van der Waals surface area contributed by atoms with Crippen LogP contribution in [0.25, 0.3) is 5.82 Å². The van der Waals surface area contributed by atoms with Crippen LogP contribution in [0.2, 0.25) is 5.15 Å². The Kier molecular flexibility index (Phi) is 3.34. The van der Waals surface area contributed by atoms with Crippen LogP contribution >= 0.6 is 11.6 Å². The molecule has 0 aliphatic heterocycles. The van der Waals surface area contributed by atoms with E-state index in [1.54, 1.807) is 12.3 Å². The lowest BCUT2D eigenvalue weighted by molar-refractivity contribution is 0.0696. The van der Waals surface area contributed by atoms with E-state index in [1.165, 1.54) is 4.68 Å². The molecule has 0 radical (unpaired) electrons. The molecule has 0 unspecified atom stereocenters. The molecule has 0 spiro atoms. The monoisotopic (exact) mass is 265 g/mol. The number of carbonyl (C=O) groups is 1. The normalized spacial score (nSPS) is 10.6. The zero-order chi connectivity index (χ0) is 13.3. The van der Waals surface area contributed by atoms with Crippen LogP contribution in [0.1, 0.15) is 28.5 Å². The number of aromatic carboxylic acids is 1. The third kappa shape index (κ3) is 2.09. The predicted octanol–water partition coefficient (Wildman–Crippen LogP) is 2.49. The van der Waals surface area contributed by atoms with Crippen LogP contribution in [0.15, 0.2) is 18.3 Å². The van der Waals surface area contributed by atoms with Crippen LogP contribution in [0.3, 0.4) is 0 Å². The highest BCUT2D eigenvalue weighted by molar-refractivity contribution is 6.32. The Balaban J connectivity index is 2.63. The summed E-state index contributed by atoms with van der Waals surface area (Å²) < 4.78 is 1.36. The van der Waals surface area contributed by atoms with E-state index in [9.17, 15) is 4.79 Å². The quantitative estimate of drug-likeness (QED) is 0.926. The molecule has 0 bridgehead atoms. The number of carboxylic acids is 1. The van der Waals surface area contributed by atoms with Crippen molar-refractivity contribution in [2.24, 2.45) is 0 Å². The van der Waals surface area contributed by atoms with Crippen molar-refractivity contribution in [3.8, 4) is 5.82 Å². The van der Waals surface area contributed by atoms with Gasteiger partial charge < -0.3 is 5.11 Å². The molecule has 0 aliphatic rings. The molecule has 0 aromatic carbocycles. The summed E-state index contributed by atoms with van der Waals surface area (Å²) in [4.78, 5) is 15.3. The Morgan fingerprint density at radius 3 is 2.78 bits per heavy atom. The SMILES string of the molecule is CCc1nn(-c2cc(C)ccn2)c(Cl)c1C(=O)O. The highest BCUT2D eigenvalue weighted by Gasteiger charge is 2.22. The Morgan fingerprint density at radius 1 is 1.56 bits per heavy atom. The van der Waals surface area contributed by atoms with Crippen molar-refractivity contribution in [3.63, 3.8) is 0 Å². The van der Waals surface area contributed by atoms with E-state index < -0.39 is 5.97 Å². The number of rotatable bonds is 3. The minimum Gasteiger partial charge on any atom is -0.478 e. The molecule has 1 N–H and O–H groups in total. The van der Waals surface area contributed by atoms with E-state index in [-0.39, 0.29) is 10.7 Å². The second-order valence-electron chi connectivity index (χ2n) is 3.87. The molecular weight excluding hydrogens is 254 g/mol. The van der Waals surface area contributed by atoms with Crippen LogP contribution in [0.5, 0.6) is 0 Å². The molecule has 94 valence electrons. The Bertz CT molecular complexity index is 607. The molecule has 0 fully saturated rings. The first kappa shape index (κ1) is 12.6. The van der Waals surface area contributed by atoms with Gasteiger partial charge in [0.25, 0.3) is 0 Å². The van der Waals surface area contributed by atoms with E-state index >= 15 is 0 Å². The highest BCUT2D eigenvalue weighted by Crippen LogP contribution is 2.23. The topological polar surface area (TPSA) is 68.0 Å². The number of pyridine rings is 1. The van der Waals surface area contributed by atoms with Crippen LogP contribution in [0.4, 0.5) is 0 Å². The van der Waals surface area contributed by atoms with Crippen molar-refractivity contribution in [2.75, 3.05) is 0 Å². The molecule has 0 aliphatic carbocycles. The number of nitrogens with zero attached hydrogens (tertiary/aromatic N) is 3. The second kappa shape index (κ2) is 4.78. The highest BCUT2D eigenvalue weighted by atomic mass is 35.5. The standard InChI is InChI=1S/C12H12ClN3O2/c1-3-8-10(12(17)18)11(13)16(15-8)9-6-7(2)4-5-14-9/h4-6H,3H2,1-2H3,(H,17,18). The zero-order valence-electron chi connectivity index (χ0n) is 10.0. The van der Waals surface area contributed by atoms with Gasteiger partial charge in [-0.15, -0.1) is 0 Å². The maximum atomic E-state index is 11.2. The first-order chi connectivity index (χ1) is 8.54. The molecule has 0 amide bonds. The van der Waals surface area contributed by atoms with Crippen molar-refractivity contribution < 1.29 is 9.90 Å². The maximum Gasteiger partial charge on any atom is 0.340 e. The minimum atomic E-state index is -1.07. The van der Waals surface area contributed by atoms with Crippen molar-refractivity contribution in [1.29, 1.82) is 0 Å². The molecule has 5 nitrogen and oxygen atoms in total. The first-order valence-corrected chi connectivity index (χ1v) is 5.86. The van der Waals surface area contributed by atoms with Crippen LogP contribution in [-0.2, 0) is 6.42 Å². The fraction of sp³-hybridized carbons (Fsp3) is 0.250. The fourth-order valence-electron chi connectivity index (χ4n) is 1.69. The maximum absolute atomic E-state index is 11.2. The first-order valence-electron chi connectivity index (χ1n) is 5.48. The molecule has 0 atom stereocenters. The summed E-state index contributed by atoms with van der Waals surface area (Å²) in [5.41, 5.74) is 1.50. The summed E-state index contributed by atoms with van der Waals surface area (Å²) in [5, 5.41) is 13.4. The second-order valence-corrected chi connectivity index (χ2v) is 4.23. The lowest BCUT2D eigenvalue weighted by atomic mass is 10.2. The van der Waals surface area contributed by atoms with Gasteiger partial charge in [-0.05, 0) is 31.0 Å². The fourth-order valence-corrected chi connectivity index (χ4v) is 2.00. The Labute approximate surface area is 109 Å². The summed E-state index contributed by atoms with van der Waals surface area (Å²) in [6.07, 6.45) is 2.13. The molecule has 18 heavy (non-hydrogen) atoms. The van der Waals surface area contributed by atoms with Gasteiger partial charge in [-0.1, -0.05) is 18.5 Å². The van der Waals surface area contributed by atoms with Crippen molar-refractivity contribution in [1.82, 2.24) is 14.8 Å².